The van der Waals surface area contributed by atoms with Crippen LogP contribution in [0.2, 0.25) is 5.02 Å². The van der Waals surface area contributed by atoms with Gasteiger partial charge in [0.25, 0.3) is 0 Å². The molecule has 1 aromatic carbocycles. The normalized spacial score (nSPS) is 17.7. The second-order valence-corrected chi connectivity index (χ2v) is 6.13. The highest BCUT2D eigenvalue weighted by molar-refractivity contribution is 6.31. The van der Waals surface area contributed by atoms with Gasteiger partial charge in [0.1, 0.15) is 5.84 Å². The SMILES string of the molecule is Cl.Clc1ccc2[nH]c(C3=CCCCC3)c(C3=NCCN3)c2c1. The van der Waals surface area contributed by atoms with Crippen LogP contribution in [0.5, 0.6) is 0 Å². The molecule has 0 bridgehead atoms. The van der Waals surface area contributed by atoms with E-state index in [1.165, 1.54) is 36.1 Å². The van der Waals surface area contributed by atoms with Gasteiger partial charge in [0.05, 0.1) is 12.2 Å². The quantitative estimate of drug-likeness (QED) is 0.830. The third-order valence-electron chi connectivity index (χ3n) is 4.28. The number of nitrogens with zero attached hydrogens (tertiary/aromatic N) is 1. The molecule has 5 heteroatoms. The van der Waals surface area contributed by atoms with E-state index < -0.39 is 0 Å². The number of aromatic amines is 1. The van der Waals surface area contributed by atoms with Crippen molar-refractivity contribution in [1.29, 1.82) is 0 Å². The summed E-state index contributed by atoms with van der Waals surface area (Å²) >= 11 is 6.20. The molecule has 0 atom stereocenters. The molecule has 1 aliphatic carbocycles. The monoisotopic (exact) mass is 335 g/mol. The van der Waals surface area contributed by atoms with Gasteiger partial charge in [0.2, 0.25) is 0 Å². The lowest BCUT2D eigenvalue weighted by Crippen LogP contribution is -2.20. The second kappa shape index (κ2) is 6.35. The van der Waals surface area contributed by atoms with Gasteiger partial charge < -0.3 is 10.3 Å². The molecule has 0 saturated carbocycles. The first-order chi connectivity index (χ1) is 10.3. The van der Waals surface area contributed by atoms with Crippen LogP contribution < -0.4 is 5.32 Å². The Kier molecular flexibility index (Phi) is 4.46. The van der Waals surface area contributed by atoms with Crippen LogP contribution in [-0.2, 0) is 0 Å². The molecule has 0 spiro atoms. The van der Waals surface area contributed by atoms with Crippen molar-refractivity contribution in [2.75, 3.05) is 13.1 Å². The fourth-order valence-corrected chi connectivity index (χ4v) is 3.45. The molecule has 4 rings (SSSR count). The summed E-state index contributed by atoms with van der Waals surface area (Å²) in [7, 11) is 0. The smallest absolute Gasteiger partial charge is 0.131 e. The van der Waals surface area contributed by atoms with Gasteiger partial charge in [-0.2, -0.15) is 0 Å². The molecule has 0 saturated heterocycles. The number of fused-ring (bicyclic) bond motifs is 1. The Morgan fingerprint density at radius 2 is 2.09 bits per heavy atom. The molecule has 3 nitrogen and oxygen atoms in total. The Hall–Kier alpha value is -1.45. The van der Waals surface area contributed by atoms with Crippen LogP contribution in [0.1, 0.15) is 36.9 Å². The zero-order valence-corrected chi connectivity index (χ0v) is 13.9. The van der Waals surface area contributed by atoms with E-state index in [2.05, 4.69) is 27.4 Å². The number of halogens is 2. The van der Waals surface area contributed by atoms with Crippen molar-refractivity contribution in [1.82, 2.24) is 10.3 Å². The van der Waals surface area contributed by atoms with Gasteiger partial charge in [0.15, 0.2) is 0 Å². The maximum Gasteiger partial charge on any atom is 0.131 e. The highest BCUT2D eigenvalue weighted by Crippen LogP contribution is 2.34. The summed E-state index contributed by atoms with van der Waals surface area (Å²) in [5, 5.41) is 5.34. The van der Waals surface area contributed by atoms with Gasteiger partial charge in [0, 0.05) is 28.0 Å². The van der Waals surface area contributed by atoms with E-state index >= 15 is 0 Å². The van der Waals surface area contributed by atoms with Crippen molar-refractivity contribution in [2.24, 2.45) is 4.99 Å². The minimum Gasteiger partial charge on any atom is -0.368 e. The molecule has 116 valence electrons. The highest BCUT2D eigenvalue weighted by atomic mass is 35.5. The number of hydrogen-bond acceptors (Lipinski definition) is 2. The van der Waals surface area contributed by atoms with Crippen LogP contribution in [0.4, 0.5) is 0 Å². The molecule has 1 aromatic heterocycles. The van der Waals surface area contributed by atoms with Crippen LogP contribution in [0.3, 0.4) is 0 Å². The van der Waals surface area contributed by atoms with E-state index in [1.54, 1.807) is 0 Å². The van der Waals surface area contributed by atoms with Gasteiger partial charge in [-0.3, -0.25) is 4.99 Å². The molecule has 2 aromatic rings. The molecule has 2 heterocycles. The average Bonchev–Trinajstić information content (AvgIpc) is 3.14. The lowest BCUT2D eigenvalue weighted by molar-refractivity contribution is 0.740. The Bertz CT molecular complexity index is 759. The molecular weight excluding hydrogens is 317 g/mol. The van der Waals surface area contributed by atoms with E-state index in [-0.39, 0.29) is 12.4 Å². The first kappa shape index (κ1) is 15.4. The fraction of sp³-hybridized carbons (Fsp3) is 0.353. The van der Waals surface area contributed by atoms with Crippen molar-refractivity contribution in [3.63, 3.8) is 0 Å². The Morgan fingerprint density at radius 1 is 1.18 bits per heavy atom. The summed E-state index contributed by atoms with van der Waals surface area (Å²) in [6, 6.07) is 6.04. The standard InChI is InChI=1S/C17H18ClN3.ClH/c18-12-6-7-14-13(10-12)15(17-19-8-9-20-17)16(21-14)11-4-2-1-3-5-11;/h4,6-7,10,21H,1-3,5,8-9H2,(H,19,20);1H. The highest BCUT2D eigenvalue weighted by Gasteiger charge is 2.21. The van der Waals surface area contributed by atoms with Gasteiger partial charge in [-0.15, -0.1) is 12.4 Å². The molecule has 2 N–H and O–H groups in total. The molecule has 0 radical (unpaired) electrons. The third kappa shape index (κ3) is 2.64. The summed E-state index contributed by atoms with van der Waals surface area (Å²) in [6.45, 7) is 1.77. The fourth-order valence-electron chi connectivity index (χ4n) is 3.28. The van der Waals surface area contributed by atoms with Crippen molar-refractivity contribution in [2.45, 2.75) is 25.7 Å². The van der Waals surface area contributed by atoms with E-state index in [4.69, 9.17) is 11.6 Å². The Balaban J connectivity index is 0.00000144. The number of hydrogen-bond donors (Lipinski definition) is 2. The van der Waals surface area contributed by atoms with Crippen molar-refractivity contribution < 1.29 is 0 Å². The van der Waals surface area contributed by atoms with Gasteiger partial charge in [-0.1, -0.05) is 17.7 Å². The number of amidine groups is 1. The van der Waals surface area contributed by atoms with Crippen molar-refractivity contribution >= 4 is 46.3 Å². The number of H-pyrrole nitrogens is 1. The first-order valence-corrected chi connectivity index (χ1v) is 8.00. The number of rotatable bonds is 2. The molecule has 0 unspecified atom stereocenters. The topological polar surface area (TPSA) is 40.2 Å². The minimum absolute atomic E-state index is 0. The van der Waals surface area contributed by atoms with Gasteiger partial charge in [-0.25, -0.2) is 0 Å². The molecule has 2 aliphatic rings. The number of benzene rings is 1. The summed E-state index contributed by atoms with van der Waals surface area (Å²) in [6.07, 6.45) is 7.24. The number of aromatic nitrogens is 1. The zero-order chi connectivity index (χ0) is 14.2. The van der Waals surface area contributed by atoms with Crippen molar-refractivity contribution in [3.05, 3.63) is 40.6 Å². The van der Waals surface area contributed by atoms with E-state index in [1.807, 2.05) is 12.1 Å². The van der Waals surface area contributed by atoms with Crippen LogP contribution in [0, 0.1) is 0 Å². The summed E-state index contributed by atoms with van der Waals surface area (Å²) < 4.78 is 0. The number of aliphatic imine (C=N–C) groups is 1. The minimum atomic E-state index is 0. The first-order valence-electron chi connectivity index (χ1n) is 7.62. The molecule has 1 aliphatic heterocycles. The van der Waals surface area contributed by atoms with Crippen molar-refractivity contribution in [3.8, 4) is 0 Å². The summed E-state index contributed by atoms with van der Waals surface area (Å²) in [4.78, 5) is 8.22. The van der Waals surface area contributed by atoms with Crippen LogP contribution in [0.15, 0.2) is 29.3 Å². The predicted octanol–water partition coefficient (Wildman–Crippen LogP) is 4.55. The van der Waals surface area contributed by atoms with E-state index in [0.717, 1.165) is 41.3 Å². The molecule has 22 heavy (non-hydrogen) atoms. The van der Waals surface area contributed by atoms with Crippen LogP contribution >= 0.6 is 24.0 Å². The lowest BCUT2D eigenvalue weighted by atomic mass is 9.94. The Morgan fingerprint density at radius 3 is 2.82 bits per heavy atom. The zero-order valence-electron chi connectivity index (χ0n) is 12.3. The summed E-state index contributed by atoms with van der Waals surface area (Å²) in [5.74, 6) is 1.00. The van der Waals surface area contributed by atoms with Crippen LogP contribution in [-0.4, -0.2) is 23.9 Å². The second-order valence-electron chi connectivity index (χ2n) is 5.70. The maximum atomic E-state index is 6.20. The van der Waals surface area contributed by atoms with Gasteiger partial charge in [-0.05, 0) is 49.5 Å². The lowest BCUT2D eigenvalue weighted by Gasteiger charge is -2.13. The maximum absolute atomic E-state index is 6.20. The summed E-state index contributed by atoms with van der Waals surface area (Å²) in [5.41, 5.74) is 4.96. The van der Waals surface area contributed by atoms with Gasteiger partial charge >= 0.3 is 0 Å². The molecule has 0 fully saturated rings. The van der Waals surface area contributed by atoms with Crippen LogP contribution in [0.25, 0.3) is 16.5 Å². The number of allylic oxidation sites excluding steroid dienone is 2. The third-order valence-corrected chi connectivity index (χ3v) is 4.52. The largest absolute Gasteiger partial charge is 0.368 e. The number of nitrogens with one attached hydrogen (secondary N) is 2. The molecular formula is C17H19Cl2N3. The van der Waals surface area contributed by atoms with E-state index in [0.29, 0.717) is 0 Å². The van der Waals surface area contributed by atoms with E-state index in [9.17, 15) is 0 Å². The molecule has 0 amide bonds. The average molecular weight is 336 g/mol. The predicted molar refractivity (Wildman–Crippen MR) is 96.4 cm³/mol. The Labute approximate surface area is 141 Å².